The van der Waals surface area contributed by atoms with Gasteiger partial charge in [0.05, 0.1) is 24.5 Å². The van der Waals surface area contributed by atoms with Crippen molar-refractivity contribution in [1.29, 1.82) is 0 Å². The first-order valence-electron chi connectivity index (χ1n) is 8.71. The first kappa shape index (κ1) is 19.8. The Morgan fingerprint density at radius 3 is 2.40 bits per heavy atom. The first-order chi connectivity index (χ1) is 11.8. The summed E-state index contributed by atoms with van der Waals surface area (Å²) in [6.45, 7) is 15.0. The van der Waals surface area contributed by atoms with Crippen LogP contribution in [0, 0.1) is 0 Å². The number of nitrogens with one attached hydrogen (secondary N) is 2. The molecular formula is C18H29N5S2. The highest BCUT2D eigenvalue weighted by Gasteiger charge is 2.17. The number of nitrogens with zero attached hydrogens (tertiary/aromatic N) is 3. The Bertz CT molecular complexity index is 694. The average molecular weight is 380 g/mol. The van der Waals surface area contributed by atoms with Gasteiger partial charge in [0.1, 0.15) is 10.0 Å². The van der Waals surface area contributed by atoms with Gasteiger partial charge in [0, 0.05) is 22.7 Å². The normalized spacial score (nSPS) is 12.7. The van der Waals surface area contributed by atoms with Gasteiger partial charge < -0.3 is 10.6 Å². The fourth-order valence-corrected chi connectivity index (χ4v) is 3.89. The maximum Gasteiger partial charge on any atom is 0.192 e. The SMILES string of the molecule is CCNC(=NCc1nc(C(C)C)cs1)NCc1nc(C(C)(C)C)cs1. The van der Waals surface area contributed by atoms with Gasteiger partial charge in [-0.15, -0.1) is 22.7 Å². The molecule has 0 bridgehead atoms. The Labute approximate surface area is 159 Å². The minimum Gasteiger partial charge on any atom is -0.357 e. The largest absolute Gasteiger partial charge is 0.357 e. The summed E-state index contributed by atoms with van der Waals surface area (Å²) < 4.78 is 0. The molecule has 2 N–H and O–H groups in total. The molecule has 0 aliphatic heterocycles. The van der Waals surface area contributed by atoms with Gasteiger partial charge in [-0.05, 0) is 12.8 Å². The summed E-state index contributed by atoms with van der Waals surface area (Å²) in [6.07, 6.45) is 0. The molecule has 0 aromatic carbocycles. The third kappa shape index (κ3) is 6.08. The van der Waals surface area contributed by atoms with Crippen LogP contribution in [0.15, 0.2) is 15.8 Å². The highest BCUT2D eigenvalue weighted by atomic mass is 32.1. The van der Waals surface area contributed by atoms with Crippen molar-refractivity contribution >= 4 is 28.6 Å². The highest BCUT2D eigenvalue weighted by molar-refractivity contribution is 7.09. The molecule has 2 aromatic rings. The van der Waals surface area contributed by atoms with Crippen LogP contribution in [0.1, 0.15) is 68.9 Å². The lowest BCUT2D eigenvalue weighted by atomic mass is 9.93. The van der Waals surface area contributed by atoms with Crippen LogP contribution in [0.4, 0.5) is 0 Å². The Kier molecular flexibility index (Phi) is 6.95. The smallest absolute Gasteiger partial charge is 0.192 e. The highest BCUT2D eigenvalue weighted by Crippen LogP contribution is 2.23. The molecule has 0 radical (unpaired) electrons. The van der Waals surface area contributed by atoms with Crippen LogP contribution in [0.3, 0.4) is 0 Å². The standard InChI is InChI=1S/C18H29N5S2/c1-7-19-17(20-8-15-22-13(10-24-15)12(2)3)21-9-16-23-14(11-25-16)18(4,5)6/h10-12H,7-9H2,1-6H3,(H2,19,20,21). The molecule has 0 aliphatic carbocycles. The minimum atomic E-state index is 0.0896. The van der Waals surface area contributed by atoms with Crippen molar-refractivity contribution < 1.29 is 0 Å². The fraction of sp³-hybridized carbons (Fsp3) is 0.611. The van der Waals surface area contributed by atoms with E-state index in [4.69, 9.17) is 4.98 Å². The topological polar surface area (TPSA) is 62.2 Å². The van der Waals surface area contributed by atoms with Gasteiger partial charge in [-0.1, -0.05) is 34.6 Å². The van der Waals surface area contributed by atoms with Crippen molar-refractivity contribution in [2.24, 2.45) is 4.99 Å². The van der Waals surface area contributed by atoms with Crippen LogP contribution in [-0.4, -0.2) is 22.5 Å². The zero-order valence-electron chi connectivity index (χ0n) is 16.0. The van der Waals surface area contributed by atoms with Crippen molar-refractivity contribution in [3.8, 4) is 0 Å². The van der Waals surface area contributed by atoms with Crippen molar-refractivity contribution in [1.82, 2.24) is 20.6 Å². The summed E-state index contributed by atoms with van der Waals surface area (Å²) in [5, 5.41) is 13.0. The molecule has 7 heteroatoms. The monoisotopic (exact) mass is 379 g/mol. The quantitative estimate of drug-likeness (QED) is 0.581. The molecule has 0 amide bonds. The van der Waals surface area contributed by atoms with Gasteiger partial charge in [-0.3, -0.25) is 0 Å². The van der Waals surface area contributed by atoms with Crippen molar-refractivity contribution in [2.75, 3.05) is 6.54 Å². The predicted octanol–water partition coefficient (Wildman–Crippen LogP) is 4.28. The summed E-state index contributed by atoms with van der Waals surface area (Å²) >= 11 is 3.37. The molecule has 0 aliphatic rings. The maximum atomic E-state index is 4.72. The summed E-state index contributed by atoms with van der Waals surface area (Å²) in [4.78, 5) is 14.0. The molecule has 0 fully saturated rings. The Morgan fingerprint density at radius 2 is 1.84 bits per heavy atom. The lowest BCUT2D eigenvalue weighted by molar-refractivity contribution is 0.570. The number of rotatable bonds is 6. The number of hydrogen-bond acceptors (Lipinski definition) is 5. The Balaban J connectivity index is 1.96. The summed E-state index contributed by atoms with van der Waals surface area (Å²) in [6, 6.07) is 0. The van der Waals surface area contributed by atoms with Crippen LogP contribution < -0.4 is 10.6 Å². The Hall–Kier alpha value is -1.47. The second kappa shape index (κ2) is 8.76. The second-order valence-corrected chi connectivity index (χ2v) is 9.13. The van der Waals surface area contributed by atoms with E-state index in [-0.39, 0.29) is 5.41 Å². The van der Waals surface area contributed by atoms with E-state index in [9.17, 15) is 0 Å². The molecule has 2 aromatic heterocycles. The average Bonchev–Trinajstić information content (AvgIpc) is 3.18. The van der Waals surface area contributed by atoms with E-state index in [1.165, 1.54) is 0 Å². The summed E-state index contributed by atoms with van der Waals surface area (Å²) in [5.41, 5.74) is 2.37. The molecule has 0 spiro atoms. The van der Waals surface area contributed by atoms with Gasteiger partial charge in [-0.25, -0.2) is 15.0 Å². The number of guanidine groups is 1. The lowest BCUT2D eigenvalue weighted by Crippen LogP contribution is -2.36. The van der Waals surface area contributed by atoms with Gasteiger partial charge in [-0.2, -0.15) is 0 Å². The van der Waals surface area contributed by atoms with E-state index < -0.39 is 0 Å². The van der Waals surface area contributed by atoms with E-state index in [0.29, 0.717) is 19.0 Å². The van der Waals surface area contributed by atoms with Gasteiger partial charge >= 0.3 is 0 Å². The minimum absolute atomic E-state index is 0.0896. The van der Waals surface area contributed by atoms with Gasteiger partial charge in [0.25, 0.3) is 0 Å². The first-order valence-corrected chi connectivity index (χ1v) is 10.5. The molecule has 0 atom stereocenters. The van der Waals surface area contributed by atoms with Crippen LogP contribution in [0.5, 0.6) is 0 Å². The van der Waals surface area contributed by atoms with Crippen molar-refractivity contribution in [3.63, 3.8) is 0 Å². The van der Waals surface area contributed by atoms with Crippen LogP contribution in [0.2, 0.25) is 0 Å². The van der Waals surface area contributed by atoms with Gasteiger partial charge in [0.15, 0.2) is 5.96 Å². The number of thiazole rings is 2. The maximum absolute atomic E-state index is 4.72. The van der Waals surface area contributed by atoms with E-state index >= 15 is 0 Å². The zero-order chi connectivity index (χ0) is 18.4. The van der Waals surface area contributed by atoms with Crippen molar-refractivity contribution in [3.05, 3.63) is 32.2 Å². The van der Waals surface area contributed by atoms with E-state index in [1.54, 1.807) is 22.7 Å². The molecule has 2 rings (SSSR count). The lowest BCUT2D eigenvalue weighted by Gasteiger charge is -2.14. The second-order valence-electron chi connectivity index (χ2n) is 7.25. The predicted molar refractivity (Wildman–Crippen MR) is 109 cm³/mol. The Morgan fingerprint density at radius 1 is 1.12 bits per heavy atom. The fourth-order valence-electron chi connectivity index (χ4n) is 2.05. The van der Waals surface area contributed by atoms with E-state index in [2.05, 4.69) is 72.9 Å². The molecule has 2 heterocycles. The third-order valence-electron chi connectivity index (χ3n) is 3.60. The molecule has 25 heavy (non-hydrogen) atoms. The summed E-state index contributed by atoms with van der Waals surface area (Å²) in [5.74, 6) is 1.26. The number of aliphatic imine (C=N–C) groups is 1. The molecule has 0 unspecified atom stereocenters. The van der Waals surface area contributed by atoms with Crippen molar-refractivity contribution in [2.45, 2.75) is 66.0 Å². The number of hydrogen-bond donors (Lipinski definition) is 2. The van der Waals surface area contributed by atoms with Crippen LogP contribution >= 0.6 is 22.7 Å². The molecule has 138 valence electrons. The van der Waals surface area contributed by atoms with Gasteiger partial charge in [0.2, 0.25) is 0 Å². The molecule has 0 saturated heterocycles. The van der Waals surface area contributed by atoms with Crippen LogP contribution in [0.25, 0.3) is 0 Å². The van der Waals surface area contributed by atoms with E-state index in [1.807, 2.05) is 0 Å². The molecule has 5 nitrogen and oxygen atoms in total. The molecular weight excluding hydrogens is 350 g/mol. The number of aromatic nitrogens is 2. The molecule has 0 saturated carbocycles. The van der Waals surface area contributed by atoms with E-state index in [0.717, 1.165) is 33.9 Å². The van der Waals surface area contributed by atoms with Crippen LogP contribution in [-0.2, 0) is 18.5 Å². The zero-order valence-corrected chi connectivity index (χ0v) is 17.6. The third-order valence-corrected chi connectivity index (χ3v) is 5.31. The summed E-state index contributed by atoms with van der Waals surface area (Å²) in [7, 11) is 0.